The van der Waals surface area contributed by atoms with Gasteiger partial charge < -0.3 is 43.2 Å². The van der Waals surface area contributed by atoms with Gasteiger partial charge in [0.25, 0.3) is 5.91 Å². The van der Waals surface area contributed by atoms with E-state index in [1.54, 1.807) is 84.3 Å². The molecule has 0 saturated carbocycles. The van der Waals surface area contributed by atoms with Gasteiger partial charge in [-0.05, 0) is 122 Å². The Kier molecular flexibility index (Phi) is 15.0. The summed E-state index contributed by atoms with van der Waals surface area (Å²) in [6, 6.07) is 12.1. The molecule has 13 nitrogen and oxygen atoms in total. The second kappa shape index (κ2) is 19.2. The second-order valence-corrected chi connectivity index (χ2v) is 15.0. The maximum Gasteiger partial charge on any atom is 0.414 e. The summed E-state index contributed by atoms with van der Waals surface area (Å²) < 4.78 is 46.1. The van der Waals surface area contributed by atoms with E-state index in [1.165, 1.54) is 4.90 Å². The number of methoxy groups -OCH3 is 1. The number of carbonyl (C=O) groups excluding carboxylic acids is 3. The molecule has 2 unspecified atom stereocenters. The summed E-state index contributed by atoms with van der Waals surface area (Å²) >= 11 is 0. The van der Waals surface area contributed by atoms with Crippen molar-refractivity contribution in [1.82, 2.24) is 0 Å². The molecule has 0 aromatic heterocycles. The number of rotatable bonds is 17. The molecular weight excluding hydrogens is 720 g/mol. The summed E-state index contributed by atoms with van der Waals surface area (Å²) in [4.78, 5) is 40.0. The minimum atomic E-state index is -0.746. The smallest absolute Gasteiger partial charge is 0.414 e. The monoisotopic (exact) mass is 778 g/mol. The molecule has 0 spiro atoms. The second-order valence-electron chi connectivity index (χ2n) is 15.0. The first-order valence-corrected chi connectivity index (χ1v) is 19.0. The third-order valence-electron chi connectivity index (χ3n) is 9.33. The number of amides is 2. The Balaban J connectivity index is 1.46. The van der Waals surface area contributed by atoms with Crippen LogP contribution in [0, 0.1) is 20.8 Å². The van der Waals surface area contributed by atoms with Crippen LogP contribution < -0.4 is 29.2 Å². The van der Waals surface area contributed by atoms with Gasteiger partial charge in [-0.25, -0.2) is 9.59 Å². The molecule has 13 heteroatoms. The Morgan fingerprint density at radius 1 is 0.929 bits per heavy atom. The molecule has 4 rings (SSSR count). The number of nitrogens with zero attached hydrogens (tertiary/aromatic N) is 1. The molecule has 1 N–H and O–H groups in total. The topological polar surface area (TPSA) is 140 Å². The zero-order valence-electron chi connectivity index (χ0n) is 34.7. The lowest BCUT2D eigenvalue weighted by Crippen LogP contribution is -2.42. The van der Waals surface area contributed by atoms with Crippen LogP contribution in [0.3, 0.4) is 0 Å². The molecule has 0 fully saturated rings. The summed E-state index contributed by atoms with van der Waals surface area (Å²) in [5, 5.41) is 2.86. The molecule has 0 radical (unpaired) electrons. The van der Waals surface area contributed by atoms with Crippen molar-refractivity contribution in [2.24, 2.45) is 0 Å². The number of ether oxygens (including phenoxy) is 8. The number of hydrogen-bond acceptors (Lipinski definition) is 11. The minimum absolute atomic E-state index is 0.167. The third kappa shape index (κ3) is 11.5. The first-order chi connectivity index (χ1) is 26.5. The van der Waals surface area contributed by atoms with Crippen molar-refractivity contribution < 1.29 is 52.3 Å². The first-order valence-electron chi connectivity index (χ1n) is 19.0. The van der Waals surface area contributed by atoms with Crippen molar-refractivity contribution in [3.8, 4) is 23.0 Å². The number of carbonyl (C=O) groups is 3. The predicted octanol–water partition coefficient (Wildman–Crippen LogP) is 7.66. The van der Waals surface area contributed by atoms with Crippen LogP contribution in [-0.2, 0) is 41.4 Å². The van der Waals surface area contributed by atoms with Gasteiger partial charge in [-0.2, -0.15) is 0 Å². The largest absolute Gasteiger partial charge is 0.489 e. The Labute approximate surface area is 330 Å². The van der Waals surface area contributed by atoms with Crippen molar-refractivity contribution in [1.29, 1.82) is 0 Å². The van der Waals surface area contributed by atoms with Crippen LogP contribution in [0.4, 0.5) is 16.2 Å². The maximum atomic E-state index is 13.2. The van der Waals surface area contributed by atoms with Crippen molar-refractivity contribution in [2.75, 3.05) is 57.6 Å². The van der Waals surface area contributed by atoms with E-state index in [0.29, 0.717) is 42.3 Å². The van der Waals surface area contributed by atoms with Gasteiger partial charge in [-0.3, -0.25) is 9.69 Å². The zero-order chi connectivity index (χ0) is 41.2. The molecule has 306 valence electrons. The van der Waals surface area contributed by atoms with Crippen molar-refractivity contribution in [3.63, 3.8) is 0 Å². The van der Waals surface area contributed by atoms with E-state index >= 15 is 0 Å². The number of nitrogens with one attached hydrogen (secondary N) is 1. The predicted molar refractivity (Wildman–Crippen MR) is 213 cm³/mol. The first kappa shape index (κ1) is 43.7. The molecule has 3 aromatic rings. The normalized spacial score (nSPS) is 15.5. The molecule has 2 amide bonds. The Hall–Kier alpha value is -5.01. The van der Waals surface area contributed by atoms with E-state index in [2.05, 4.69) is 5.32 Å². The van der Waals surface area contributed by atoms with Gasteiger partial charge in [-0.1, -0.05) is 12.1 Å². The van der Waals surface area contributed by atoms with E-state index in [1.807, 2.05) is 34.6 Å². The lowest BCUT2D eigenvalue weighted by atomic mass is 9.87. The number of fused-ring (bicyclic) bond motifs is 1. The highest BCUT2D eigenvalue weighted by molar-refractivity contribution is 5.99. The fraction of sp³-hybridized carbons (Fsp3) is 0.512. The van der Waals surface area contributed by atoms with E-state index in [-0.39, 0.29) is 26.6 Å². The maximum absolute atomic E-state index is 13.2. The molecule has 56 heavy (non-hydrogen) atoms. The van der Waals surface area contributed by atoms with Gasteiger partial charge in [-0.15, -0.1) is 0 Å². The molecule has 2 atom stereocenters. The lowest BCUT2D eigenvalue weighted by molar-refractivity contribution is -0.156. The molecule has 1 heterocycles. The van der Waals surface area contributed by atoms with E-state index in [0.717, 1.165) is 45.7 Å². The highest BCUT2D eigenvalue weighted by Gasteiger charge is 2.36. The van der Waals surface area contributed by atoms with Gasteiger partial charge in [0.05, 0.1) is 18.0 Å². The fourth-order valence-corrected chi connectivity index (χ4v) is 6.28. The molecule has 0 bridgehead atoms. The van der Waals surface area contributed by atoms with Crippen LogP contribution in [0.15, 0.2) is 42.5 Å². The summed E-state index contributed by atoms with van der Waals surface area (Å²) in [7, 11) is 3.17. The van der Waals surface area contributed by atoms with Crippen LogP contribution in [-0.4, -0.2) is 82.7 Å². The highest BCUT2D eigenvalue weighted by Crippen LogP contribution is 2.44. The van der Waals surface area contributed by atoms with Crippen molar-refractivity contribution >= 4 is 29.3 Å². The Morgan fingerprint density at radius 2 is 1.62 bits per heavy atom. The van der Waals surface area contributed by atoms with Crippen LogP contribution in [0.25, 0.3) is 0 Å². The molecule has 0 aliphatic carbocycles. The summed E-state index contributed by atoms with van der Waals surface area (Å²) in [6.07, 6.45) is 0.504. The van der Waals surface area contributed by atoms with Gasteiger partial charge >= 0.3 is 12.1 Å². The highest BCUT2D eigenvalue weighted by atomic mass is 16.7. The summed E-state index contributed by atoms with van der Waals surface area (Å²) in [6.45, 7) is 17.8. The average Bonchev–Trinajstić information content (AvgIpc) is 3.15. The Bertz CT molecular complexity index is 1840. The molecule has 0 saturated heterocycles. The molecule has 1 aliphatic heterocycles. The number of benzene rings is 3. The zero-order valence-corrected chi connectivity index (χ0v) is 34.7. The van der Waals surface area contributed by atoms with Crippen LogP contribution in [0.2, 0.25) is 0 Å². The van der Waals surface area contributed by atoms with Crippen LogP contribution in [0.5, 0.6) is 23.0 Å². The van der Waals surface area contributed by atoms with Gasteiger partial charge in [0.1, 0.15) is 40.8 Å². The fourth-order valence-electron chi connectivity index (χ4n) is 6.28. The molecule has 1 aliphatic rings. The van der Waals surface area contributed by atoms with E-state index < -0.39 is 35.3 Å². The van der Waals surface area contributed by atoms with Crippen LogP contribution >= 0.6 is 0 Å². The minimum Gasteiger partial charge on any atom is -0.489 e. The van der Waals surface area contributed by atoms with Gasteiger partial charge in [0.2, 0.25) is 0 Å². The SMILES string of the molecule is CCOC(=O)C(Cc1ccc(OCC(=O)Nc2ccc(OCC3(C)CCc4c(C)c(OCOC)c(C)c(C)c4O3)cc2N(C)C(=O)OC(C)(C)C)cc1)OCC. The Morgan fingerprint density at radius 3 is 2.27 bits per heavy atom. The summed E-state index contributed by atoms with van der Waals surface area (Å²) in [5.74, 6) is 1.74. The van der Waals surface area contributed by atoms with Crippen molar-refractivity contribution in [3.05, 3.63) is 70.3 Å². The lowest BCUT2D eigenvalue weighted by Gasteiger charge is -2.38. The molecular formula is C43H58N2O11. The van der Waals surface area contributed by atoms with E-state index in [4.69, 9.17) is 37.9 Å². The van der Waals surface area contributed by atoms with Crippen molar-refractivity contribution in [2.45, 2.75) is 98.9 Å². The van der Waals surface area contributed by atoms with Gasteiger partial charge in [0.15, 0.2) is 19.5 Å². The van der Waals surface area contributed by atoms with Gasteiger partial charge in [0, 0.05) is 38.8 Å². The summed E-state index contributed by atoms with van der Waals surface area (Å²) in [5.41, 5.74) is 4.34. The molecule has 3 aromatic carbocycles. The standard InChI is InChI=1S/C43H58N2O11/c1-12-50-36(40(47)51-13-2)22-30-14-16-31(17-15-30)52-24-37(46)44-34-19-18-32(23-35(34)45(10)41(48)56-42(6,7)8)53-25-43(9)21-20-33-29(5)38(54-26-49-11)27(3)28(4)39(33)55-43/h14-19,23,36H,12-13,20-22,24-26H2,1-11H3,(H,44,46). The van der Waals surface area contributed by atoms with Crippen LogP contribution in [0.1, 0.15) is 75.8 Å². The number of anilines is 2. The number of hydrogen-bond donors (Lipinski definition) is 1. The number of esters is 1. The third-order valence-corrected chi connectivity index (χ3v) is 9.33. The average molecular weight is 779 g/mol. The van der Waals surface area contributed by atoms with E-state index in [9.17, 15) is 14.4 Å². The quantitative estimate of drug-likeness (QED) is 0.107.